The zero-order valence-electron chi connectivity index (χ0n) is 41.7. The first-order valence-electron chi connectivity index (χ1n) is 26.0. The molecule has 10 rings (SSSR count). The Morgan fingerprint density at radius 2 is 1.32 bits per heavy atom. The van der Waals surface area contributed by atoms with Crippen LogP contribution in [0.2, 0.25) is 0 Å². The number of hydrogen-bond donors (Lipinski definition) is 10. The second-order valence-electron chi connectivity index (χ2n) is 24.4. The molecule has 0 aromatic heterocycles. The third-order valence-corrected chi connectivity index (χ3v) is 20.5. The van der Waals surface area contributed by atoms with E-state index in [0.717, 1.165) is 57.8 Å². The van der Waals surface area contributed by atoms with Gasteiger partial charge in [-0.2, -0.15) is 0 Å². The second-order valence-corrected chi connectivity index (χ2v) is 24.4. The molecule has 0 unspecified atom stereocenters. The van der Waals surface area contributed by atoms with Gasteiger partial charge in [0.05, 0.1) is 38.6 Å². The lowest BCUT2D eigenvalue weighted by atomic mass is 9.33. The fraction of sp³-hybridized carbons (Fsp3) is 0.961. The first-order valence-corrected chi connectivity index (χ1v) is 26.0. The highest BCUT2D eigenvalue weighted by molar-refractivity contribution is 5.35. The zero-order valence-corrected chi connectivity index (χ0v) is 41.7. The summed E-state index contributed by atoms with van der Waals surface area (Å²) < 4.78 is 49.8. The maximum atomic E-state index is 12.5. The Balaban J connectivity index is 0.956. The largest absolute Gasteiger partial charge is 0.394 e. The van der Waals surface area contributed by atoms with Crippen LogP contribution in [0.25, 0.3) is 0 Å². The number of rotatable bonds is 12. The fourth-order valence-corrected chi connectivity index (χ4v) is 16.0. The Labute approximate surface area is 406 Å². The summed E-state index contributed by atoms with van der Waals surface area (Å²) in [5.41, 5.74) is 0.153. The number of aliphatic hydroxyl groups is 10. The van der Waals surface area contributed by atoms with E-state index in [1.807, 2.05) is 0 Å². The van der Waals surface area contributed by atoms with Crippen molar-refractivity contribution in [3.8, 4) is 0 Å². The molecule has 10 N–H and O–H groups in total. The van der Waals surface area contributed by atoms with Crippen molar-refractivity contribution in [1.82, 2.24) is 0 Å². The molecule has 2 bridgehead atoms. The van der Waals surface area contributed by atoms with Gasteiger partial charge in [0.25, 0.3) is 0 Å². The summed E-state index contributed by atoms with van der Waals surface area (Å²) in [5, 5.41) is 108. The highest BCUT2D eigenvalue weighted by Gasteiger charge is 2.71. The summed E-state index contributed by atoms with van der Waals surface area (Å²) in [6.07, 6.45) is -10.8. The van der Waals surface area contributed by atoms with E-state index in [9.17, 15) is 51.1 Å². The molecule has 0 aromatic rings. The van der Waals surface area contributed by atoms with Crippen LogP contribution in [0.3, 0.4) is 0 Å². The molecule has 18 heteroatoms. The fourth-order valence-electron chi connectivity index (χ4n) is 16.0. The lowest BCUT2D eigenvalue weighted by Crippen LogP contribution is -2.67. The van der Waals surface area contributed by atoms with Crippen molar-refractivity contribution < 1.29 is 89.0 Å². The van der Waals surface area contributed by atoms with Crippen LogP contribution in [-0.4, -0.2) is 189 Å². The van der Waals surface area contributed by atoms with Crippen LogP contribution in [0.4, 0.5) is 0 Å². The van der Waals surface area contributed by atoms with Crippen molar-refractivity contribution in [3.63, 3.8) is 0 Å². The SMILES string of the molecule is CCCCO[C@@H]1OC[C@]23CC[C@@]1(C)C[C@H]2C1=CC[C@@H]2[C@@]4(C)CC[C@H](O[C@@H]5OC[C@H](O[C@@H]6O[C@H](CO)[C@@H](O)[C@H](O)[C@H]6O)[C@H](O)[C@H]5O[C@@H]5O[C@H](CO)[C@@H](O)[C@H](O)[C@H]5O)C(C)(C)[C@@H]4CC[C@@]2(C)[C@]1(C)C[C@H]3O. The smallest absolute Gasteiger partial charge is 0.187 e. The van der Waals surface area contributed by atoms with Gasteiger partial charge in [-0.25, -0.2) is 0 Å². The lowest BCUT2D eigenvalue weighted by Gasteiger charge is -2.72. The van der Waals surface area contributed by atoms with Gasteiger partial charge in [-0.3, -0.25) is 0 Å². The monoisotopic (exact) mass is 985 g/mol. The summed E-state index contributed by atoms with van der Waals surface area (Å²) in [4.78, 5) is 0. The molecule has 5 heterocycles. The first kappa shape index (κ1) is 52.9. The number of unbranched alkanes of at least 4 members (excludes halogenated alkanes) is 1. The maximum absolute atomic E-state index is 12.5. The number of fused-ring (bicyclic) bond motifs is 8. The van der Waals surface area contributed by atoms with Gasteiger partial charge >= 0.3 is 0 Å². The third-order valence-electron chi connectivity index (χ3n) is 20.5. The highest BCUT2D eigenvalue weighted by atomic mass is 16.8. The predicted molar refractivity (Wildman–Crippen MR) is 243 cm³/mol. The summed E-state index contributed by atoms with van der Waals surface area (Å²) in [6, 6.07) is 0. The molecule has 0 radical (unpaired) electrons. The van der Waals surface area contributed by atoms with E-state index in [1.54, 1.807) is 0 Å². The number of aliphatic hydroxyl groups excluding tert-OH is 10. The Bertz CT molecular complexity index is 1840. The molecule has 396 valence electrons. The molecule has 4 saturated carbocycles. The van der Waals surface area contributed by atoms with Crippen molar-refractivity contribution in [1.29, 1.82) is 0 Å². The molecular weight excluding hydrogens is 901 g/mol. The molecule has 0 aromatic carbocycles. The van der Waals surface area contributed by atoms with Crippen LogP contribution < -0.4 is 0 Å². The predicted octanol–water partition coefficient (Wildman–Crippen LogP) is 1.38. The van der Waals surface area contributed by atoms with Crippen LogP contribution >= 0.6 is 0 Å². The minimum absolute atomic E-state index is 0.101. The summed E-state index contributed by atoms with van der Waals surface area (Å²) >= 11 is 0. The molecule has 5 aliphatic heterocycles. The first-order chi connectivity index (χ1) is 32.5. The minimum atomic E-state index is -1.82. The molecule has 9 fully saturated rings. The molecule has 5 saturated heterocycles. The van der Waals surface area contributed by atoms with Gasteiger partial charge in [0.15, 0.2) is 25.2 Å². The van der Waals surface area contributed by atoms with E-state index in [1.165, 1.54) is 5.57 Å². The summed E-state index contributed by atoms with van der Waals surface area (Å²) in [5.74, 6) is 0.720. The van der Waals surface area contributed by atoms with Gasteiger partial charge in [-0.15, -0.1) is 0 Å². The van der Waals surface area contributed by atoms with Crippen LogP contribution in [-0.2, 0) is 37.9 Å². The Hall–Kier alpha value is -0.980. The zero-order chi connectivity index (χ0) is 49.8. The third kappa shape index (κ3) is 8.37. The van der Waals surface area contributed by atoms with Crippen LogP contribution in [0.1, 0.15) is 119 Å². The van der Waals surface area contributed by atoms with Crippen molar-refractivity contribution in [2.75, 3.05) is 33.0 Å². The van der Waals surface area contributed by atoms with E-state index < -0.39 is 117 Å². The average Bonchev–Trinajstić information content (AvgIpc) is 3.53. The van der Waals surface area contributed by atoms with Crippen molar-refractivity contribution in [2.24, 2.45) is 50.2 Å². The molecule has 5 aliphatic carbocycles. The molecule has 18 nitrogen and oxygen atoms in total. The van der Waals surface area contributed by atoms with Crippen LogP contribution in [0.15, 0.2) is 11.6 Å². The van der Waals surface area contributed by atoms with Crippen molar-refractivity contribution in [2.45, 2.75) is 224 Å². The molecule has 1 spiro atoms. The van der Waals surface area contributed by atoms with E-state index >= 15 is 0 Å². The van der Waals surface area contributed by atoms with Gasteiger partial charge < -0.3 is 89.0 Å². The van der Waals surface area contributed by atoms with Gasteiger partial charge in [0, 0.05) is 17.4 Å². The summed E-state index contributed by atoms with van der Waals surface area (Å²) in [7, 11) is 0. The van der Waals surface area contributed by atoms with Crippen LogP contribution in [0, 0.1) is 50.2 Å². The van der Waals surface area contributed by atoms with Gasteiger partial charge in [-0.05, 0) is 104 Å². The standard InChI is InChI=1S/C51H84O18/c1-8-9-18-62-45-47(4)16-17-51(24-64-45)26(19-47)25-10-11-31-48(5)14-13-33(46(2,3)30(48)12-15-49(31,6)50(25,7)20-32(51)54)68-44-41(69-43-40(61)38(59)35(56)28(22-53)66-43)36(57)29(23-63-44)67-42-39(60)37(58)34(55)27(21-52)65-42/h10,26-45,52-61H,8-9,11-24H2,1-7H3/t26-,27+,28+,29-,30-,31+,32+,33-,34+,35+,36-,37-,38-,39+,40+,41+,42-,43-,44-,45+,47-,48-,49+,50+,51+/m0/s1. The molecule has 0 amide bonds. The van der Waals surface area contributed by atoms with Crippen LogP contribution in [0.5, 0.6) is 0 Å². The Morgan fingerprint density at radius 3 is 1.96 bits per heavy atom. The number of ether oxygens (including phenoxy) is 8. The average molecular weight is 985 g/mol. The van der Waals surface area contributed by atoms with Crippen molar-refractivity contribution in [3.05, 3.63) is 11.6 Å². The molecule has 10 aliphatic rings. The Kier molecular flexibility index (Phi) is 14.8. The lowest BCUT2D eigenvalue weighted by molar-refractivity contribution is -0.382. The molecule has 25 atom stereocenters. The quantitative estimate of drug-likeness (QED) is 0.0752. The number of hydrogen-bond acceptors (Lipinski definition) is 18. The van der Waals surface area contributed by atoms with Gasteiger partial charge in [0.1, 0.15) is 67.1 Å². The molecule has 69 heavy (non-hydrogen) atoms. The topological polar surface area (TPSA) is 276 Å². The van der Waals surface area contributed by atoms with E-state index in [0.29, 0.717) is 32.0 Å². The van der Waals surface area contributed by atoms with E-state index in [-0.39, 0.29) is 51.8 Å². The van der Waals surface area contributed by atoms with Gasteiger partial charge in [-0.1, -0.05) is 66.5 Å². The normalized spacial score (nSPS) is 54.9. The van der Waals surface area contributed by atoms with E-state index in [4.69, 9.17) is 37.9 Å². The highest BCUT2D eigenvalue weighted by Crippen LogP contribution is 2.76. The maximum Gasteiger partial charge on any atom is 0.187 e. The summed E-state index contributed by atoms with van der Waals surface area (Å²) in [6.45, 7) is 15.8. The minimum Gasteiger partial charge on any atom is -0.394 e. The van der Waals surface area contributed by atoms with Gasteiger partial charge in [0.2, 0.25) is 0 Å². The van der Waals surface area contributed by atoms with E-state index in [2.05, 4.69) is 54.5 Å². The van der Waals surface area contributed by atoms with Crippen molar-refractivity contribution >= 4 is 0 Å². The second kappa shape index (κ2) is 19.3. The Morgan fingerprint density at radius 1 is 0.667 bits per heavy atom. The molecular formula is C51H84O18. The number of allylic oxidation sites excluding steroid dienone is 2.